The van der Waals surface area contributed by atoms with Gasteiger partial charge in [0.05, 0.1) is 0 Å². The van der Waals surface area contributed by atoms with E-state index in [4.69, 9.17) is 34.8 Å². The third-order valence-corrected chi connectivity index (χ3v) is 24.9. The van der Waals surface area contributed by atoms with Crippen molar-refractivity contribution in [2.45, 2.75) is 163 Å². The Morgan fingerprint density at radius 3 is 0.800 bits per heavy atom. The number of hydrogen-bond acceptors (Lipinski definition) is 8. The quantitative estimate of drug-likeness (QED) is 0.0555. The molecule has 0 radical (unpaired) electrons. The lowest BCUT2D eigenvalue weighted by atomic mass is 10.1. The van der Waals surface area contributed by atoms with Gasteiger partial charge in [-0.15, -0.1) is 0 Å². The molecular weight excluding hydrogens is 669 g/mol. The van der Waals surface area contributed by atoms with Crippen molar-refractivity contribution >= 4 is 52.3 Å². The molecule has 0 N–H and O–H groups in total. The largest absolute Gasteiger partial charge is 0.500 e. The zero-order chi connectivity index (χ0) is 34.8. The van der Waals surface area contributed by atoms with Crippen LogP contribution < -0.4 is 0 Å². The zero-order valence-electron chi connectivity index (χ0n) is 32.4. The highest BCUT2D eigenvalue weighted by molar-refractivity contribution is 6.78. The summed E-state index contributed by atoms with van der Waals surface area (Å²) in [6, 6.07) is 4.46. The van der Waals surface area contributed by atoms with E-state index in [-0.39, 0.29) is 0 Å². The highest BCUT2D eigenvalue weighted by Crippen LogP contribution is 2.23. The predicted octanol–water partition coefficient (Wildman–Crippen LogP) is 9.21. The Morgan fingerprint density at radius 2 is 0.600 bits per heavy atom. The summed E-state index contributed by atoms with van der Waals surface area (Å²) in [5, 5.41) is 0. The summed E-state index contributed by atoms with van der Waals surface area (Å²) < 4.78 is 47.9. The SMILES string of the molecule is CCO[Si](CCCCCCCCC[Si](OCC)(OCC)OCC)(OCC)OCC.C[SiH](CC[SiH](C)O[Si](C)(C)C)O[Si](C)(C)C. The van der Waals surface area contributed by atoms with Crippen molar-refractivity contribution in [3.8, 4) is 0 Å². The summed E-state index contributed by atoms with van der Waals surface area (Å²) in [6.07, 6.45) is 8.40. The summed E-state index contributed by atoms with van der Waals surface area (Å²) in [7, 11) is -9.34. The monoisotopic (exact) mass is 746 g/mol. The molecule has 0 spiro atoms. The van der Waals surface area contributed by atoms with Gasteiger partial charge in [-0.25, -0.2) is 0 Å². The zero-order valence-corrected chi connectivity index (χ0v) is 38.8. The van der Waals surface area contributed by atoms with E-state index in [2.05, 4.69) is 52.4 Å². The van der Waals surface area contributed by atoms with E-state index in [1.165, 1.54) is 44.2 Å². The maximum absolute atomic E-state index is 6.17. The van der Waals surface area contributed by atoms with E-state index >= 15 is 0 Å². The van der Waals surface area contributed by atoms with Crippen molar-refractivity contribution in [1.29, 1.82) is 0 Å². The van der Waals surface area contributed by atoms with Gasteiger partial charge < -0.3 is 34.8 Å². The normalized spacial score (nSPS) is 14.3. The summed E-state index contributed by atoms with van der Waals surface area (Å²) in [5.74, 6) is 0. The van der Waals surface area contributed by atoms with Crippen molar-refractivity contribution in [2.24, 2.45) is 0 Å². The molecule has 0 bridgehead atoms. The second-order valence-corrected chi connectivity index (χ2v) is 33.8. The van der Waals surface area contributed by atoms with Gasteiger partial charge in [-0.1, -0.05) is 32.1 Å². The Balaban J connectivity index is 0. The molecule has 0 fully saturated rings. The van der Waals surface area contributed by atoms with E-state index < -0.39 is 52.3 Å². The molecule has 0 aromatic heterocycles. The fourth-order valence-electron chi connectivity index (χ4n) is 5.36. The first-order valence-corrected chi connectivity index (χ1v) is 33.8. The van der Waals surface area contributed by atoms with Crippen molar-refractivity contribution in [1.82, 2.24) is 0 Å². The minimum absolute atomic E-state index is 0.655. The van der Waals surface area contributed by atoms with Crippen LogP contribution in [-0.2, 0) is 34.8 Å². The van der Waals surface area contributed by atoms with Gasteiger partial charge in [0.15, 0.2) is 34.7 Å². The molecule has 0 aliphatic rings. The van der Waals surface area contributed by atoms with Crippen LogP contribution in [0.2, 0.25) is 76.6 Å². The van der Waals surface area contributed by atoms with Crippen molar-refractivity contribution in [2.75, 3.05) is 39.6 Å². The molecule has 2 unspecified atom stereocenters. The molecule has 274 valence electrons. The number of hydrogen-bond donors (Lipinski definition) is 0. The van der Waals surface area contributed by atoms with E-state index in [0.717, 1.165) is 24.9 Å². The van der Waals surface area contributed by atoms with Gasteiger partial charge in [0, 0.05) is 51.7 Å². The molecule has 0 saturated heterocycles. The van der Waals surface area contributed by atoms with Gasteiger partial charge in [0.1, 0.15) is 0 Å². The standard InChI is InChI=1S/C21H48O6Si2.C10H30O2Si4/c1-7-22-28(23-8-2,24-9-3)20-18-16-14-13-15-17-19-21-29(25-10-4,26-11-5)27-12-6;1-13(11-15(3,4)5)9-10-14(2)12-16(6,7)8/h7-21H2,1-6H3;13-14H,9-10H2,1-8H3. The molecule has 0 aromatic rings. The first-order chi connectivity index (χ1) is 21.1. The van der Waals surface area contributed by atoms with E-state index in [1.807, 2.05) is 41.5 Å². The molecule has 0 amide bonds. The van der Waals surface area contributed by atoms with Gasteiger partial charge in [0.2, 0.25) is 0 Å². The summed E-state index contributed by atoms with van der Waals surface area (Å²) >= 11 is 0. The Hall–Kier alpha value is 0.981. The molecule has 14 heteroatoms. The van der Waals surface area contributed by atoms with Crippen LogP contribution in [0.15, 0.2) is 0 Å². The molecule has 0 heterocycles. The molecule has 8 nitrogen and oxygen atoms in total. The minimum atomic E-state index is -2.46. The highest BCUT2D eigenvalue weighted by Gasteiger charge is 2.40. The van der Waals surface area contributed by atoms with Crippen LogP contribution in [0.5, 0.6) is 0 Å². The average Bonchev–Trinajstić information content (AvgIpc) is 2.90. The summed E-state index contributed by atoms with van der Waals surface area (Å²) in [6.45, 7) is 34.4. The van der Waals surface area contributed by atoms with Crippen molar-refractivity contribution < 1.29 is 34.8 Å². The number of unbranched alkanes of at least 4 members (excludes halogenated alkanes) is 6. The third-order valence-electron chi connectivity index (χ3n) is 6.74. The van der Waals surface area contributed by atoms with Gasteiger partial charge in [-0.3, -0.25) is 0 Å². The van der Waals surface area contributed by atoms with Crippen LogP contribution in [0, 0.1) is 0 Å². The van der Waals surface area contributed by atoms with Crippen LogP contribution in [0.3, 0.4) is 0 Å². The van der Waals surface area contributed by atoms with Crippen LogP contribution in [0.1, 0.15) is 86.5 Å². The Bertz CT molecular complexity index is 579. The molecule has 2 atom stereocenters. The van der Waals surface area contributed by atoms with Crippen LogP contribution in [0.25, 0.3) is 0 Å². The molecule has 0 aliphatic carbocycles. The molecule has 0 aliphatic heterocycles. The van der Waals surface area contributed by atoms with Gasteiger partial charge in [-0.2, -0.15) is 0 Å². The molecule has 0 rings (SSSR count). The fourth-order valence-corrected chi connectivity index (χ4v) is 25.1. The maximum Gasteiger partial charge on any atom is 0.500 e. The molecule has 0 aromatic carbocycles. The maximum atomic E-state index is 6.17. The van der Waals surface area contributed by atoms with Crippen molar-refractivity contribution in [3.63, 3.8) is 0 Å². The average molecular weight is 747 g/mol. The lowest BCUT2D eigenvalue weighted by molar-refractivity contribution is 0.0700. The third kappa shape index (κ3) is 28.5. The van der Waals surface area contributed by atoms with Gasteiger partial charge >= 0.3 is 17.6 Å². The Labute approximate surface area is 288 Å². The van der Waals surface area contributed by atoms with Crippen LogP contribution in [0.4, 0.5) is 0 Å². The first-order valence-electron chi connectivity index (χ1n) is 18.3. The van der Waals surface area contributed by atoms with E-state index in [1.54, 1.807) is 0 Å². The fraction of sp³-hybridized carbons (Fsp3) is 1.00. The first kappa shape index (κ1) is 48.1. The smallest absolute Gasteiger partial charge is 0.458 e. The predicted molar refractivity (Wildman–Crippen MR) is 208 cm³/mol. The summed E-state index contributed by atoms with van der Waals surface area (Å²) in [5.41, 5.74) is 0. The lowest BCUT2D eigenvalue weighted by Gasteiger charge is -2.28. The molecule has 0 saturated carbocycles. The minimum Gasteiger partial charge on any atom is -0.458 e. The van der Waals surface area contributed by atoms with Crippen LogP contribution in [-0.4, -0.2) is 92.0 Å². The van der Waals surface area contributed by atoms with E-state index in [0.29, 0.717) is 39.6 Å². The summed E-state index contributed by atoms with van der Waals surface area (Å²) in [4.78, 5) is 0. The Morgan fingerprint density at radius 1 is 0.378 bits per heavy atom. The van der Waals surface area contributed by atoms with Gasteiger partial charge in [-0.05, 0) is 119 Å². The highest BCUT2D eigenvalue weighted by atomic mass is 28.4. The van der Waals surface area contributed by atoms with Gasteiger partial charge in [0.25, 0.3) is 0 Å². The number of rotatable bonds is 29. The van der Waals surface area contributed by atoms with Crippen LogP contribution >= 0.6 is 0 Å². The van der Waals surface area contributed by atoms with Crippen molar-refractivity contribution in [3.05, 3.63) is 0 Å². The molecule has 45 heavy (non-hydrogen) atoms. The second kappa shape index (κ2) is 27.8. The topological polar surface area (TPSA) is 73.8 Å². The Kier molecular flexibility index (Phi) is 29.7. The lowest BCUT2D eigenvalue weighted by Crippen LogP contribution is -2.45. The molecular formula is C31H78O8Si6. The second-order valence-electron chi connectivity index (χ2n) is 13.6. The van der Waals surface area contributed by atoms with E-state index in [9.17, 15) is 0 Å².